The van der Waals surface area contributed by atoms with Crippen LogP contribution in [0.15, 0.2) is 48.5 Å². The third kappa shape index (κ3) is 5.10. The van der Waals surface area contributed by atoms with E-state index in [0.29, 0.717) is 23.5 Å². The molecule has 1 aliphatic rings. The summed E-state index contributed by atoms with van der Waals surface area (Å²) in [5, 5.41) is 5.69. The number of amides is 2. The molecule has 2 aromatic rings. The standard InChI is InChI=1S/C22H26N2O4/c1-15-8-3-6-12-20(15)28-16(2)21(25)24-19-11-5-4-10-18(19)22(26)23-14-17-9-7-13-27-17/h3-6,8,10-12,16-17H,7,9,13-14H2,1-2H3,(H,23,26)(H,24,25)/t16-,17-/m1/s1. The zero-order valence-corrected chi connectivity index (χ0v) is 16.2. The van der Waals surface area contributed by atoms with Crippen molar-refractivity contribution >= 4 is 17.5 Å². The van der Waals surface area contributed by atoms with Crippen molar-refractivity contribution < 1.29 is 19.1 Å². The van der Waals surface area contributed by atoms with E-state index in [9.17, 15) is 9.59 Å². The van der Waals surface area contributed by atoms with Gasteiger partial charge in [0.1, 0.15) is 5.75 Å². The lowest BCUT2D eigenvalue weighted by atomic mass is 10.1. The number of carbonyl (C=O) groups is 2. The minimum atomic E-state index is -0.705. The maximum atomic E-state index is 12.6. The average Bonchev–Trinajstić information content (AvgIpc) is 3.22. The zero-order chi connectivity index (χ0) is 19.9. The fraction of sp³-hybridized carbons (Fsp3) is 0.364. The summed E-state index contributed by atoms with van der Waals surface area (Å²) in [6.45, 7) is 4.81. The molecule has 0 aromatic heterocycles. The summed E-state index contributed by atoms with van der Waals surface area (Å²) in [7, 11) is 0. The molecule has 6 nitrogen and oxygen atoms in total. The Morgan fingerprint density at radius 1 is 1.18 bits per heavy atom. The van der Waals surface area contributed by atoms with Gasteiger partial charge in [0.15, 0.2) is 6.10 Å². The molecule has 2 aromatic carbocycles. The number of hydrogen-bond acceptors (Lipinski definition) is 4. The average molecular weight is 382 g/mol. The second-order valence-electron chi connectivity index (χ2n) is 6.91. The van der Waals surface area contributed by atoms with E-state index in [1.54, 1.807) is 31.2 Å². The highest BCUT2D eigenvalue weighted by atomic mass is 16.5. The van der Waals surface area contributed by atoms with Gasteiger partial charge in [-0.25, -0.2) is 0 Å². The van der Waals surface area contributed by atoms with Crippen LogP contribution in [0.4, 0.5) is 5.69 Å². The molecule has 0 bridgehead atoms. The normalized spacial score (nSPS) is 17.0. The van der Waals surface area contributed by atoms with Gasteiger partial charge in [-0.2, -0.15) is 0 Å². The number of carbonyl (C=O) groups excluding carboxylic acids is 2. The maximum Gasteiger partial charge on any atom is 0.265 e. The van der Waals surface area contributed by atoms with Gasteiger partial charge in [0.25, 0.3) is 11.8 Å². The number of hydrogen-bond donors (Lipinski definition) is 2. The quantitative estimate of drug-likeness (QED) is 0.770. The van der Waals surface area contributed by atoms with Crippen LogP contribution in [0.3, 0.4) is 0 Å². The molecular formula is C22H26N2O4. The first kappa shape index (κ1) is 19.9. The van der Waals surface area contributed by atoms with Crippen LogP contribution >= 0.6 is 0 Å². The highest BCUT2D eigenvalue weighted by Crippen LogP contribution is 2.20. The number of anilines is 1. The van der Waals surface area contributed by atoms with Crippen molar-refractivity contribution in [3.63, 3.8) is 0 Å². The molecule has 3 rings (SSSR count). The smallest absolute Gasteiger partial charge is 0.265 e. The topological polar surface area (TPSA) is 76.7 Å². The zero-order valence-electron chi connectivity index (χ0n) is 16.2. The monoisotopic (exact) mass is 382 g/mol. The Balaban J connectivity index is 1.62. The Hall–Kier alpha value is -2.86. The second-order valence-corrected chi connectivity index (χ2v) is 6.91. The van der Waals surface area contributed by atoms with E-state index in [-0.39, 0.29) is 17.9 Å². The van der Waals surface area contributed by atoms with Crippen LogP contribution in [-0.2, 0) is 9.53 Å². The van der Waals surface area contributed by atoms with Crippen molar-refractivity contribution in [2.45, 2.75) is 38.9 Å². The predicted molar refractivity (Wildman–Crippen MR) is 108 cm³/mol. The van der Waals surface area contributed by atoms with Gasteiger partial charge in [0.2, 0.25) is 0 Å². The van der Waals surface area contributed by atoms with Crippen molar-refractivity contribution in [3.8, 4) is 5.75 Å². The molecule has 0 unspecified atom stereocenters. The molecule has 0 spiro atoms. The molecule has 2 amide bonds. The van der Waals surface area contributed by atoms with E-state index < -0.39 is 6.10 Å². The third-order valence-electron chi connectivity index (χ3n) is 4.71. The fourth-order valence-corrected chi connectivity index (χ4v) is 3.06. The van der Waals surface area contributed by atoms with Gasteiger partial charge in [0, 0.05) is 13.2 Å². The molecule has 0 saturated carbocycles. The Morgan fingerprint density at radius 3 is 2.68 bits per heavy atom. The molecule has 1 saturated heterocycles. The highest BCUT2D eigenvalue weighted by molar-refractivity contribution is 6.04. The molecular weight excluding hydrogens is 356 g/mol. The summed E-state index contributed by atoms with van der Waals surface area (Å²) in [6.07, 6.45) is 1.33. The molecule has 1 heterocycles. The van der Waals surface area contributed by atoms with Crippen LogP contribution in [0.5, 0.6) is 5.75 Å². The minimum absolute atomic E-state index is 0.0632. The Kier molecular flexibility index (Phi) is 6.66. The maximum absolute atomic E-state index is 12.6. The molecule has 1 aliphatic heterocycles. The van der Waals surface area contributed by atoms with Gasteiger partial charge in [-0.05, 0) is 50.5 Å². The van der Waals surface area contributed by atoms with Crippen molar-refractivity contribution in [1.82, 2.24) is 5.32 Å². The Bertz CT molecular complexity index is 831. The fourth-order valence-electron chi connectivity index (χ4n) is 3.06. The Labute approximate surface area is 165 Å². The van der Waals surface area contributed by atoms with Gasteiger partial charge in [0.05, 0.1) is 17.4 Å². The lowest BCUT2D eigenvalue weighted by molar-refractivity contribution is -0.122. The van der Waals surface area contributed by atoms with E-state index in [1.807, 2.05) is 31.2 Å². The van der Waals surface area contributed by atoms with Crippen LogP contribution in [0, 0.1) is 6.92 Å². The number of rotatable bonds is 7. The van der Waals surface area contributed by atoms with Crippen LogP contribution in [0.25, 0.3) is 0 Å². The molecule has 2 N–H and O–H groups in total. The molecule has 6 heteroatoms. The number of benzene rings is 2. The lowest BCUT2D eigenvalue weighted by Gasteiger charge is -2.18. The van der Waals surface area contributed by atoms with Gasteiger partial charge < -0.3 is 20.1 Å². The molecule has 0 radical (unpaired) electrons. The van der Waals surface area contributed by atoms with Crippen LogP contribution in [0.2, 0.25) is 0 Å². The predicted octanol–water partition coefficient (Wildman–Crippen LogP) is 3.31. The van der Waals surface area contributed by atoms with Crippen molar-refractivity contribution in [2.75, 3.05) is 18.5 Å². The Morgan fingerprint density at radius 2 is 1.93 bits per heavy atom. The van der Waals surface area contributed by atoms with E-state index in [1.165, 1.54) is 0 Å². The van der Waals surface area contributed by atoms with E-state index in [4.69, 9.17) is 9.47 Å². The first-order valence-electron chi connectivity index (χ1n) is 9.56. The van der Waals surface area contributed by atoms with Crippen molar-refractivity contribution in [1.29, 1.82) is 0 Å². The summed E-state index contributed by atoms with van der Waals surface area (Å²) in [6, 6.07) is 14.5. The molecule has 1 fully saturated rings. The van der Waals surface area contributed by atoms with Crippen LogP contribution in [0.1, 0.15) is 35.7 Å². The van der Waals surface area contributed by atoms with Gasteiger partial charge in [-0.1, -0.05) is 30.3 Å². The number of nitrogens with one attached hydrogen (secondary N) is 2. The van der Waals surface area contributed by atoms with E-state index in [0.717, 1.165) is 25.0 Å². The number of ether oxygens (including phenoxy) is 2. The molecule has 2 atom stereocenters. The minimum Gasteiger partial charge on any atom is -0.481 e. The molecule has 0 aliphatic carbocycles. The third-order valence-corrected chi connectivity index (χ3v) is 4.71. The molecule has 28 heavy (non-hydrogen) atoms. The number of aryl methyl sites for hydroxylation is 1. The number of para-hydroxylation sites is 2. The SMILES string of the molecule is Cc1ccccc1O[C@H](C)C(=O)Nc1ccccc1C(=O)NC[C@H]1CCCO1. The highest BCUT2D eigenvalue weighted by Gasteiger charge is 2.20. The first-order chi connectivity index (χ1) is 13.5. The lowest BCUT2D eigenvalue weighted by Crippen LogP contribution is -2.34. The summed E-state index contributed by atoms with van der Waals surface area (Å²) < 4.78 is 11.3. The van der Waals surface area contributed by atoms with Crippen molar-refractivity contribution in [2.24, 2.45) is 0 Å². The van der Waals surface area contributed by atoms with Crippen LogP contribution < -0.4 is 15.4 Å². The summed E-state index contributed by atoms with van der Waals surface area (Å²) in [5.41, 5.74) is 1.82. The summed E-state index contributed by atoms with van der Waals surface area (Å²) >= 11 is 0. The van der Waals surface area contributed by atoms with Gasteiger partial charge in [-0.3, -0.25) is 9.59 Å². The van der Waals surface area contributed by atoms with Crippen LogP contribution in [-0.4, -0.2) is 37.2 Å². The first-order valence-corrected chi connectivity index (χ1v) is 9.56. The van der Waals surface area contributed by atoms with Crippen molar-refractivity contribution in [3.05, 3.63) is 59.7 Å². The summed E-state index contributed by atoms with van der Waals surface area (Å²) in [4.78, 5) is 25.1. The van der Waals surface area contributed by atoms with Gasteiger partial charge >= 0.3 is 0 Å². The van der Waals surface area contributed by atoms with Gasteiger partial charge in [-0.15, -0.1) is 0 Å². The molecule has 148 valence electrons. The van der Waals surface area contributed by atoms with E-state index in [2.05, 4.69) is 10.6 Å². The summed E-state index contributed by atoms with van der Waals surface area (Å²) in [5.74, 6) is 0.106. The second kappa shape index (κ2) is 9.37. The van der Waals surface area contributed by atoms with E-state index >= 15 is 0 Å². The largest absolute Gasteiger partial charge is 0.481 e.